The number of hydrogen-bond donors (Lipinski definition) is 2. The molecular formula is C36H36N8O6. The lowest BCUT2D eigenvalue weighted by Gasteiger charge is -2.32. The maximum absolute atomic E-state index is 14.8. The summed E-state index contributed by atoms with van der Waals surface area (Å²) in [6, 6.07) is 26.6. The number of hydrogen-bond acceptors (Lipinski definition) is 9. The SMILES string of the molecule is COc1cc(CNC(=O)[C@]2(Cc3ccccc3CN=[N+]=[N-])N=C(c3ccc(OCCCO)cc3)O[C@@H]2c2ccccc2N=[N+]=[N-])cc(OC)c1. The van der Waals surface area contributed by atoms with Crippen LogP contribution in [0.5, 0.6) is 17.2 Å². The van der Waals surface area contributed by atoms with Crippen LogP contribution in [0.3, 0.4) is 0 Å². The number of carbonyl (C=O) groups is 1. The summed E-state index contributed by atoms with van der Waals surface area (Å²) < 4.78 is 23.2. The van der Waals surface area contributed by atoms with Gasteiger partial charge < -0.3 is 29.4 Å². The number of ether oxygens (including phenoxy) is 4. The van der Waals surface area contributed by atoms with Crippen molar-refractivity contribution < 1.29 is 28.8 Å². The number of carbonyl (C=O) groups excluding carboxylic acids is 1. The van der Waals surface area contributed by atoms with Gasteiger partial charge in [0.25, 0.3) is 5.91 Å². The third kappa shape index (κ3) is 8.08. The van der Waals surface area contributed by atoms with Crippen LogP contribution in [0.2, 0.25) is 0 Å². The fraction of sp³-hybridized carbons (Fsp3) is 0.278. The van der Waals surface area contributed by atoms with E-state index in [2.05, 4.69) is 25.4 Å². The molecule has 4 aromatic rings. The molecule has 0 bridgehead atoms. The monoisotopic (exact) mass is 676 g/mol. The summed E-state index contributed by atoms with van der Waals surface area (Å²) in [6.45, 7) is 0.527. The molecule has 1 amide bonds. The molecule has 2 atom stereocenters. The predicted octanol–water partition coefficient (Wildman–Crippen LogP) is 7.03. The molecule has 1 heterocycles. The first-order valence-corrected chi connectivity index (χ1v) is 15.8. The van der Waals surface area contributed by atoms with Gasteiger partial charge in [0, 0.05) is 58.7 Å². The van der Waals surface area contributed by atoms with Crippen LogP contribution in [-0.2, 0) is 29.0 Å². The Labute approximate surface area is 288 Å². The summed E-state index contributed by atoms with van der Waals surface area (Å²) in [5.74, 6) is 1.45. The zero-order valence-electron chi connectivity index (χ0n) is 27.6. The Morgan fingerprint density at radius 1 is 0.940 bits per heavy atom. The Kier molecular flexibility index (Phi) is 11.8. The lowest BCUT2D eigenvalue weighted by atomic mass is 9.80. The molecule has 0 spiro atoms. The second-order valence-corrected chi connectivity index (χ2v) is 11.3. The van der Waals surface area contributed by atoms with Crippen LogP contribution in [-0.4, -0.2) is 49.9 Å². The van der Waals surface area contributed by atoms with Crippen LogP contribution in [0.1, 0.15) is 40.3 Å². The van der Waals surface area contributed by atoms with Gasteiger partial charge in [-0.15, -0.1) is 0 Å². The van der Waals surface area contributed by atoms with Crippen molar-refractivity contribution in [2.24, 2.45) is 15.2 Å². The van der Waals surface area contributed by atoms with E-state index in [0.29, 0.717) is 52.5 Å². The molecule has 1 aliphatic heterocycles. The van der Waals surface area contributed by atoms with Gasteiger partial charge in [-0.25, -0.2) is 4.99 Å². The zero-order valence-corrected chi connectivity index (χ0v) is 27.6. The Balaban J connectivity index is 1.64. The molecule has 4 aromatic carbocycles. The molecule has 0 fully saturated rings. The van der Waals surface area contributed by atoms with Crippen LogP contribution in [0.15, 0.2) is 106 Å². The first-order valence-electron chi connectivity index (χ1n) is 15.8. The van der Waals surface area contributed by atoms with Gasteiger partial charge >= 0.3 is 0 Å². The highest BCUT2D eigenvalue weighted by atomic mass is 16.5. The molecule has 0 unspecified atom stereocenters. The van der Waals surface area contributed by atoms with Crippen molar-refractivity contribution in [3.8, 4) is 17.2 Å². The molecule has 256 valence electrons. The topological polar surface area (TPSA) is 196 Å². The van der Waals surface area contributed by atoms with Crippen LogP contribution in [0, 0.1) is 0 Å². The van der Waals surface area contributed by atoms with Crippen molar-refractivity contribution in [1.29, 1.82) is 0 Å². The summed E-state index contributed by atoms with van der Waals surface area (Å²) in [5, 5.41) is 19.9. The quantitative estimate of drug-likeness (QED) is 0.0552. The van der Waals surface area contributed by atoms with E-state index in [1.54, 1.807) is 80.9 Å². The van der Waals surface area contributed by atoms with Gasteiger partial charge in [0.1, 0.15) is 17.2 Å². The minimum atomic E-state index is -1.64. The minimum Gasteiger partial charge on any atom is -0.497 e. The van der Waals surface area contributed by atoms with E-state index in [1.807, 2.05) is 24.3 Å². The van der Waals surface area contributed by atoms with Gasteiger partial charge in [-0.1, -0.05) is 58.8 Å². The summed E-state index contributed by atoms with van der Waals surface area (Å²) in [4.78, 5) is 25.8. The van der Waals surface area contributed by atoms with E-state index >= 15 is 0 Å². The number of aliphatic hydroxyl groups excluding tert-OH is 1. The predicted molar refractivity (Wildman–Crippen MR) is 186 cm³/mol. The van der Waals surface area contributed by atoms with Gasteiger partial charge in [-0.3, -0.25) is 4.79 Å². The van der Waals surface area contributed by atoms with E-state index in [9.17, 15) is 10.3 Å². The van der Waals surface area contributed by atoms with E-state index in [1.165, 1.54) is 0 Å². The van der Waals surface area contributed by atoms with Gasteiger partial charge in [-0.05, 0) is 64.2 Å². The fourth-order valence-corrected chi connectivity index (χ4v) is 5.69. The first kappa shape index (κ1) is 35.1. The third-order valence-corrected chi connectivity index (χ3v) is 8.15. The Morgan fingerprint density at radius 3 is 2.32 bits per heavy atom. The van der Waals surface area contributed by atoms with Crippen molar-refractivity contribution in [3.63, 3.8) is 0 Å². The average molecular weight is 677 g/mol. The van der Waals surface area contributed by atoms with Gasteiger partial charge in [-0.2, -0.15) is 0 Å². The highest BCUT2D eigenvalue weighted by Gasteiger charge is 2.54. The number of aliphatic hydroxyl groups is 1. The molecule has 14 heteroatoms. The van der Waals surface area contributed by atoms with Crippen molar-refractivity contribution in [3.05, 3.63) is 140 Å². The second kappa shape index (κ2) is 16.8. The average Bonchev–Trinajstić information content (AvgIpc) is 3.54. The van der Waals surface area contributed by atoms with E-state index in [4.69, 9.17) is 34.6 Å². The van der Waals surface area contributed by atoms with Gasteiger partial charge in [0.2, 0.25) is 5.90 Å². The number of nitrogens with zero attached hydrogens (tertiary/aromatic N) is 7. The Hall–Kier alpha value is -6.20. The number of aliphatic imine (C=N–C) groups is 1. The standard InChI is InChI=1S/C36H36N8O6/c1-47-29-18-24(19-30(20-29)48-2)22-39-35(46)36(21-26-8-3-4-9-27(26)23-40-43-37)33(31-10-5-6-11-32(31)42-44-38)50-34(41-36)25-12-14-28(15-13-25)49-17-7-16-45/h3-6,8-15,18-20,33,45H,7,16-17,21-23H2,1-2H3,(H,39,46)/t33-,36-/m1/s1. The second-order valence-electron chi connectivity index (χ2n) is 11.3. The van der Waals surface area contributed by atoms with E-state index in [-0.39, 0.29) is 37.7 Å². The van der Waals surface area contributed by atoms with Crippen LogP contribution >= 0.6 is 0 Å². The summed E-state index contributed by atoms with van der Waals surface area (Å²) in [6.07, 6.45) is -0.518. The number of rotatable bonds is 16. The first-order chi connectivity index (χ1) is 24.4. The summed E-state index contributed by atoms with van der Waals surface area (Å²) >= 11 is 0. The van der Waals surface area contributed by atoms with E-state index in [0.717, 1.165) is 5.56 Å². The third-order valence-electron chi connectivity index (χ3n) is 8.15. The summed E-state index contributed by atoms with van der Waals surface area (Å²) in [5.41, 5.74) is 20.3. The fourth-order valence-electron chi connectivity index (χ4n) is 5.69. The molecule has 2 N–H and O–H groups in total. The van der Waals surface area contributed by atoms with Crippen molar-refractivity contribution in [2.75, 3.05) is 27.4 Å². The molecule has 50 heavy (non-hydrogen) atoms. The van der Waals surface area contributed by atoms with Crippen molar-refractivity contribution in [1.82, 2.24) is 5.32 Å². The van der Waals surface area contributed by atoms with Crippen LogP contribution in [0.25, 0.3) is 20.9 Å². The van der Waals surface area contributed by atoms with Gasteiger partial charge in [0.15, 0.2) is 11.6 Å². The normalized spacial score (nSPS) is 16.2. The molecule has 1 aliphatic rings. The largest absolute Gasteiger partial charge is 0.497 e. The number of amides is 1. The molecule has 0 aromatic heterocycles. The number of azide groups is 2. The number of benzene rings is 4. The molecule has 0 aliphatic carbocycles. The molecule has 5 rings (SSSR count). The minimum absolute atomic E-state index is 0.0168. The van der Waals surface area contributed by atoms with Crippen molar-refractivity contribution >= 4 is 17.5 Å². The highest BCUT2D eigenvalue weighted by molar-refractivity contribution is 6.01. The Morgan fingerprint density at radius 2 is 1.64 bits per heavy atom. The Bertz CT molecular complexity index is 1920. The lowest BCUT2D eigenvalue weighted by molar-refractivity contribution is -0.129. The number of nitrogens with one attached hydrogen (secondary N) is 1. The smallest absolute Gasteiger partial charge is 0.252 e. The zero-order chi connectivity index (χ0) is 35.3. The van der Waals surface area contributed by atoms with Crippen LogP contribution in [0.4, 0.5) is 5.69 Å². The van der Waals surface area contributed by atoms with Crippen LogP contribution < -0.4 is 19.5 Å². The molecular weight excluding hydrogens is 640 g/mol. The maximum atomic E-state index is 14.8. The summed E-state index contributed by atoms with van der Waals surface area (Å²) in [7, 11) is 3.09. The van der Waals surface area contributed by atoms with E-state index < -0.39 is 17.6 Å². The lowest BCUT2D eigenvalue weighted by Crippen LogP contribution is -2.49. The molecule has 0 saturated carbocycles. The molecule has 14 nitrogen and oxygen atoms in total. The number of methoxy groups -OCH3 is 2. The highest BCUT2D eigenvalue weighted by Crippen LogP contribution is 2.46. The van der Waals surface area contributed by atoms with Crippen molar-refractivity contribution in [2.45, 2.75) is 37.6 Å². The molecule has 0 radical (unpaired) electrons. The molecule has 0 saturated heterocycles. The van der Waals surface area contributed by atoms with Gasteiger partial charge in [0.05, 0.1) is 27.4 Å². The maximum Gasteiger partial charge on any atom is 0.252 e.